The first kappa shape index (κ1) is 20.5. The van der Waals surface area contributed by atoms with E-state index in [1.54, 1.807) is 0 Å². The molecule has 0 aromatic heterocycles. The highest BCUT2D eigenvalue weighted by Crippen LogP contribution is 2.35. The van der Waals surface area contributed by atoms with E-state index in [1.807, 2.05) is 11.8 Å². The number of carbonyl (C=O) groups is 2. The van der Waals surface area contributed by atoms with Crippen molar-refractivity contribution < 1.29 is 14.3 Å². The Morgan fingerprint density at radius 2 is 1.77 bits per heavy atom. The minimum atomic E-state index is -0.195. The van der Waals surface area contributed by atoms with Crippen LogP contribution in [-0.2, 0) is 17.6 Å². The smallest absolute Gasteiger partial charge is 0.409 e. The zero-order valence-electron chi connectivity index (χ0n) is 18.4. The fraction of sp³-hybridized carbons (Fsp3) is 0.538. The first-order valence-corrected chi connectivity index (χ1v) is 11.9. The Balaban J connectivity index is 1.28. The maximum Gasteiger partial charge on any atom is 0.409 e. The standard InChI is InChI=1S/C26H32N2O3/c1-2-31-26(30)27-15-12-21(13-16-27)28-14-4-6-20(17-28)25(29)23-11-10-19-9-8-18-5-3-7-22(23)24(18)19/h3,5,7,10-11,20-21H,2,4,6,8-9,12-17H2,1H3/t20-/m1/s1. The van der Waals surface area contributed by atoms with Crippen LogP contribution in [0.4, 0.5) is 4.79 Å². The number of nitrogens with zero attached hydrogens (tertiary/aromatic N) is 2. The Morgan fingerprint density at radius 3 is 2.55 bits per heavy atom. The summed E-state index contributed by atoms with van der Waals surface area (Å²) in [6, 6.07) is 11.1. The summed E-state index contributed by atoms with van der Waals surface area (Å²) < 4.78 is 5.14. The Kier molecular flexibility index (Phi) is 5.70. The molecule has 1 amide bonds. The fourth-order valence-corrected chi connectivity index (χ4v) is 5.86. The Bertz CT molecular complexity index is 983. The first-order valence-electron chi connectivity index (χ1n) is 11.9. The second kappa shape index (κ2) is 8.62. The SMILES string of the molecule is CCOC(=O)N1CCC(N2CCC[C@@H](C(=O)c3ccc4c5c(cccc35)CC4)C2)CC1. The molecule has 3 aliphatic rings. The molecule has 1 aliphatic carbocycles. The predicted octanol–water partition coefficient (Wildman–Crippen LogP) is 4.45. The summed E-state index contributed by atoms with van der Waals surface area (Å²) in [4.78, 5) is 29.9. The number of rotatable bonds is 4. The second-order valence-corrected chi connectivity index (χ2v) is 9.23. The summed E-state index contributed by atoms with van der Waals surface area (Å²) in [5, 5.41) is 2.48. The van der Waals surface area contributed by atoms with Crippen LogP contribution >= 0.6 is 0 Å². The van der Waals surface area contributed by atoms with Crippen molar-refractivity contribution in [3.63, 3.8) is 0 Å². The van der Waals surface area contributed by atoms with Crippen LogP contribution in [0.5, 0.6) is 0 Å². The van der Waals surface area contributed by atoms with E-state index < -0.39 is 0 Å². The van der Waals surface area contributed by atoms with Crippen molar-refractivity contribution >= 4 is 22.6 Å². The molecule has 2 aromatic rings. The summed E-state index contributed by atoms with van der Waals surface area (Å²) in [6.45, 7) is 5.65. The van der Waals surface area contributed by atoms with E-state index in [-0.39, 0.29) is 12.0 Å². The van der Waals surface area contributed by atoms with Crippen molar-refractivity contribution in [2.75, 3.05) is 32.8 Å². The number of Topliss-reactive ketones (excluding diaryl/α,β-unsaturated/α-hetero) is 1. The molecule has 5 rings (SSSR count). The fourth-order valence-electron chi connectivity index (χ4n) is 5.86. The molecule has 0 radical (unpaired) electrons. The van der Waals surface area contributed by atoms with E-state index in [1.165, 1.54) is 16.5 Å². The molecule has 31 heavy (non-hydrogen) atoms. The van der Waals surface area contributed by atoms with Gasteiger partial charge in [-0.2, -0.15) is 0 Å². The van der Waals surface area contributed by atoms with Gasteiger partial charge in [-0.1, -0.05) is 30.3 Å². The van der Waals surface area contributed by atoms with Crippen LogP contribution in [-0.4, -0.2) is 60.5 Å². The lowest BCUT2D eigenvalue weighted by Gasteiger charge is -2.41. The number of carbonyl (C=O) groups excluding carboxylic acids is 2. The molecule has 2 aromatic carbocycles. The lowest BCUT2D eigenvalue weighted by Crippen LogP contribution is -2.50. The lowest BCUT2D eigenvalue weighted by molar-refractivity contribution is 0.0533. The molecule has 2 fully saturated rings. The third-order valence-corrected chi connectivity index (χ3v) is 7.47. The van der Waals surface area contributed by atoms with E-state index in [4.69, 9.17) is 4.74 Å². The van der Waals surface area contributed by atoms with E-state index in [2.05, 4.69) is 35.2 Å². The Morgan fingerprint density at radius 1 is 1.00 bits per heavy atom. The van der Waals surface area contributed by atoms with Gasteiger partial charge in [-0.3, -0.25) is 9.69 Å². The number of likely N-dealkylation sites (tertiary alicyclic amines) is 2. The first-order chi connectivity index (χ1) is 15.2. The summed E-state index contributed by atoms with van der Waals surface area (Å²) in [7, 11) is 0. The maximum atomic E-state index is 13.6. The van der Waals surface area contributed by atoms with Gasteiger partial charge in [0.15, 0.2) is 5.78 Å². The molecule has 5 heteroatoms. The normalized spacial score (nSPS) is 22.1. The summed E-state index contributed by atoms with van der Waals surface area (Å²) in [5.74, 6) is 0.375. The second-order valence-electron chi connectivity index (χ2n) is 9.23. The van der Waals surface area contributed by atoms with Crippen LogP contribution in [0.2, 0.25) is 0 Å². The largest absolute Gasteiger partial charge is 0.450 e. The zero-order valence-corrected chi connectivity index (χ0v) is 18.4. The number of ketones is 1. The number of piperidine rings is 2. The van der Waals surface area contributed by atoms with Gasteiger partial charge in [0, 0.05) is 37.2 Å². The highest BCUT2D eigenvalue weighted by molar-refractivity contribution is 6.11. The van der Waals surface area contributed by atoms with Crippen molar-refractivity contribution in [2.45, 2.75) is 51.5 Å². The molecule has 2 heterocycles. The monoisotopic (exact) mass is 420 g/mol. The molecular formula is C26H32N2O3. The number of benzene rings is 2. The zero-order chi connectivity index (χ0) is 21.4. The Labute approximate surface area is 184 Å². The number of hydrogen-bond donors (Lipinski definition) is 0. The highest BCUT2D eigenvalue weighted by Gasteiger charge is 2.33. The number of hydrogen-bond acceptors (Lipinski definition) is 4. The molecule has 0 spiro atoms. The molecule has 0 unspecified atom stereocenters. The van der Waals surface area contributed by atoms with Gasteiger partial charge in [0.25, 0.3) is 0 Å². The molecule has 2 saturated heterocycles. The van der Waals surface area contributed by atoms with Crippen LogP contribution in [0, 0.1) is 5.92 Å². The molecule has 1 atom stereocenters. The third-order valence-electron chi connectivity index (χ3n) is 7.47. The average Bonchev–Trinajstić information content (AvgIpc) is 3.24. The summed E-state index contributed by atoms with van der Waals surface area (Å²) in [6.07, 6.45) is 5.94. The van der Waals surface area contributed by atoms with E-state index in [9.17, 15) is 9.59 Å². The molecule has 164 valence electrons. The van der Waals surface area contributed by atoms with Crippen LogP contribution in [0.25, 0.3) is 10.8 Å². The molecule has 5 nitrogen and oxygen atoms in total. The van der Waals surface area contributed by atoms with Gasteiger partial charge in [0.2, 0.25) is 0 Å². The van der Waals surface area contributed by atoms with Crippen molar-refractivity contribution in [3.05, 3.63) is 47.0 Å². The van der Waals surface area contributed by atoms with Gasteiger partial charge < -0.3 is 9.64 Å². The van der Waals surface area contributed by atoms with Gasteiger partial charge in [-0.05, 0) is 73.9 Å². The van der Waals surface area contributed by atoms with E-state index in [0.717, 1.165) is 75.7 Å². The predicted molar refractivity (Wildman–Crippen MR) is 122 cm³/mol. The number of amides is 1. The quantitative estimate of drug-likeness (QED) is 0.686. The number of ether oxygens (including phenoxy) is 1. The topological polar surface area (TPSA) is 49.9 Å². The van der Waals surface area contributed by atoms with Gasteiger partial charge in [0.05, 0.1) is 6.61 Å². The molecule has 2 aliphatic heterocycles. The third kappa shape index (κ3) is 3.84. The summed E-state index contributed by atoms with van der Waals surface area (Å²) >= 11 is 0. The van der Waals surface area contributed by atoms with Crippen molar-refractivity contribution in [2.24, 2.45) is 5.92 Å². The summed E-state index contributed by atoms with van der Waals surface area (Å²) in [5.41, 5.74) is 3.69. The molecule has 0 bridgehead atoms. The van der Waals surface area contributed by atoms with E-state index >= 15 is 0 Å². The lowest BCUT2D eigenvalue weighted by atomic mass is 9.86. The van der Waals surface area contributed by atoms with Crippen molar-refractivity contribution in [1.29, 1.82) is 0 Å². The Hall–Kier alpha value is -2.40. The maximum absolute atomic E-state index is 13.6. The van der Waals surface area contributed by atoms with Crippen molar-refractivity contribution in [1.82, 2.24) is 9.80 Å². The van der Waals surface area contributed by atoms with Crippen LogP contribution in [0.15, 0.2) is 30.3 Å². The van der Waals surface area contributed by atoms with Gasteiger partial charge >= 0.3 is 6.09 Å². The van der Waals surface area contributed by atoms with E-state index in [0.29, 0.717) is 18.4 Å². The minimum absolute atomic E-state index is 0.0651. The van der Waals surface area contributed by atoms with Gasteiger partial charge in [0.1, 0.15) is 0 Å². The van der Waals surface area contributed by atoms with Crippen LogP contribution < -0.4 is 0 Å². The molecule has 0 N–H and O–H groups in total. The van der Waals surface area contributed by atoms with Gasteiger partial charge in [-0.25, -0.2) is 4.79 Å². The van der Waals surface area contributed by atoms with Crippen LogP contribution in [0.1, 0.15) is 54.1 Å². The molecular weight excluding hydrogens is 388 g/mol. The van der Waals surface area contributed by atoms with Gasteiger partial charge in [-0.15, -0.1) is 0 Å². The average molecular weight is 421 g/mol. The van der Waals surface area contributed by atoms with Crippen molar-refractivity contribution in [3.8, 4) is 0 Å². The highest BCUT2D eigenvalue weighted by atomic mass is 16.6. The van der Waals surface area contributed by atoms with Crippen LogP contribution in [0.3, 0.4) is 0 Å². The number of aryl methyl sites for hydroxylation is 2. The molecule has 0 saturated carbocycles. The minimum Gasteiger partial charge on any atom is -0.450 e.